The van der Waals surface area contributed by atoms with Crippen molar-refractivity contribution >= 4 is 5.82 Å². The molecule has 0 aliphatic carbocycles. The van der Waals surface area contributed by atoms with Gasteiger partial charge in [0.25, 0.3) is 0 Å². The molecule has 1 aromatic heterocycles. The van der Waals surface area contributed by atoms with E-state index in [1.807, 2.05) is 5.43 Å². The highest BCUT2D eigenvalue weighted by atomic mass is 16.6. The van der Waals surface area contributed by atoms with Crippen LogP contribution in [0.1, 0.15) is 0 Å². The number of nitrogens with zero attached hydrogens (tertiary/aromatic N) is 3. The van der Waals surface area contributed by atoms with Gasteiger partial charge in [-0.05, 0) is 5.16 Å². The van der Waals surface area contributed by atoms with Gasteiger partial charge in [-0.1, -0.05) is 5.16 Å². The molecule has 0 fully saturated rings. The summed E-state index contributed by atoms with van der Waals surface area (Å²) in [6, 6.07) is 0. The number of hydrogen-bond acceptors (Lipinski definition) is 5. The van der Waals surface area contributed by atoms with Gasteiger partial charge in [-0.25, -0.2) is 10.1 Å². The standard InChI is InChI=1S/C2H2N4O2/c7-6-4-2-1-3-8-5-2/h1H,(H,4,5,7). The number of aromatic nitrogens is 2. The van der Waals surface area contributed by atoms with E-state index in [2.05, 4.69) is 20.2 Å². The van der Waals surface area contributed by atoms with E-state index in [0.717, 1.165) is 0 Å². The van der Waals surface area contributed by atoms with Crippen molar-refractivity contribution in [2.45, 2.75) is 0 Å². The molecule has 0 spiro atoms. The molecule has 1 N–H and O–H groups in total. The molecule has 8 heavy (non-hydrogen) atoms. The Labute approximate surface area is 43.8 Å². The summed E-state index contributed by atoms with van der Waals surface area (Å²) in [4.78, 5) is 9.40. The van der Waals surface area contributed by atoms with Crippen LogP contribution in [0.15, 0.2) is 16.1 Å². The van der Waals surface area contributed by atoms with Gasteiger partial charge >= 0.3 is 0 Å². The SMILES string of the molecule is O=NNc1cnon1. The summed E-state index contributed by atoms with van der Waals surface area (Å²) in [5, 5.41) is 8.72. The number of anilines is 1. The Hall–Kier alpha value is -1.46. The number of rotatable bonds is 2. The fourth-order valence-electron chi connectivity index (χ4n) is 0.261. The molecule has 0 saturated carbocycles. The fourth-order valence-corrected chi connectivity index (χ4v) is 0.261. The van der Waals surface area contributed by atoms with Crippen LogP contribution in [0.5, 0.6) is 0 Å². The molecule has 0 aliphatic rings. The molecule has 0 unspecified atom stereocenters. The van der Waals surface area contributed by atoms with Crippen LogP contribution in [0.4, 0.5) is 5.82 Å². The molecular formula is C2H2N4O2. The Kier molecular flexibility index (Phi) is 1.18. The van der Waals surface area contributed by atoms with Gasteiger partial charge in [0.15, 0.2) is 0 Å². The Balaban J connectivity index is 2.62. The lowest BCUT2D eigenvalue weighted by atomic mass is 10.8. The van der Waals surface area contributed by atoms with E-state index < -0.39 is 0 Å². The number of hydrogen-bond donors (Lipinski definition) is 1. The molecule has 0 radical (unpaired) electrons. The van der Waals surface area contributed by atoms with Gasteiger partial charge in [-0.15, -0.1) is 4.91 Å². The Morgan fingerprint density at radius 1 is 1.88 bits per heavy atom. The van der Waals surface area contributed by atoms with E-state index in [-0.39, 0.29) is 5.82 Å². The molecule has 0 atom stereocenters. The lowest BCUT2D eigenvalue weighted by molar-refractivity contribution is 0.308. The van der Waals surface area contributed by atoms with Gasteiger partial charge in [0.05, 0.1) is 5.29 Å². The first-order chi connectivity index (χ1) is 3.93. The van der Waals surface area contributed by atoms with Crippen LogP contribution in [-0.2, 0) is 0 Å². The van der Waals surface area contributed by atoms with Gasteiger partial charge in [-0.2, -0.15) is 0 Å². The monoisotopic (exact) mass is 114 g/mol. The fraction of sp³-hybridized carbons (Fsp3) is 0. The predicted octanol–water partition coefficient (Wildman–Crippen LogP) is 0.163. The van der Waals surface area contributed by atoms with Crippen molar-refractivity contribution in [2.24, 2.45) is 5.29 Å². The summed E-state index contributed by atoms with van der Waals surface area (Å²) in [5.41, 5.74) is 1.99. The molecular weight excluding hydrogens is 112 g/mol. The zero-order chi connectivity index (χ0) is 5.82. The molecule has 0 bridgehead atoms. The van der Waals surface area contributed by atoms with Crippen LogP contribution >= 0.6 is 0 Å². The van der Waals surface area contributed by atoms with Crippen LogP contribution in [0.2, 0.25) is 0 Å². The second-order valence-electron chi connectivity index (χ2n) is 0.996. The maximum atomic E-state index is 9.40. The van der Waals surface area contributed by atoms with Crippen molar-refractivity contribution in [3.05, 3.63) is 11.1 Å². The first-order valence-corrected chi connectivity index (χ1v) is 1.79. The van der Waals surface area contributed by atoms with Crippen LogP contribution < -0.4 is 5.43 Å². The predicted molar refractivity (Wildman–Crippen MR) is 23.7 cm³/mol. The van der Waals surface area contributed by atoms with Crippen molar-refractivity contribution < 1.29 is 4.63 Å². The number of nitroso groups, excluding NO2 is 1. The van der Waals surface area contributed by atoms with Crippen LogP contribution in [-0.4, -0.2) is 10.3 Å². The average Bonchev–Trinajstić information content (AvgIpc) is 2.19. The zero-order valence-corrected chi connectivity index (χ0v) is 3.74. The smallest absolute Gasteiger partial charge is 0.213 e. The minimum absolute atomic E-state index is 0.208. The topological polar surface area (TPSA) is 80.4 Å². The zero-order valence-electron chi connectivity index (χ0n) is 3.74. The average molecular weight is 114 g/mol. The van der Waals surface area contributed by atoms with E-state index in [1.54, 1.807) is 0 Å². The molecule has 0 saturated heterocycles. The van der Waals surface area contributed by atoms with E-state index in [1.165, 1.54) is 6.20 Å². The summed E-state index contributed by atoms with van der Waals surface area (Å²) in [6.45, 7) is 0. The molecule has 1 rings (SSSR count). The molecule has 0 aromatic carbocycles. The first kappa shape index (κ1) is 4.69. The first-order valence-electron chi connectivity index (χ1n) is 1.79. The Morgan fingerprint density at radius 3 is 3.25 bits per heavy atom. The normalized spacial score (nSPS) is 8.50. The highest BCUT2D eigenvalue weighted by molar-refractivity contribution is 5.25. The highest BCUT2D eigenvalue weighted by Gasteiger charge is 1.90. The van der Waals surface area contributed by atoms with Crippen molar-refractivity contribution in [2.75, 3.05) is 5.43 Å². The highest BCUT2D eigenvalue weighted by Crippen LogP contribution is 1.95. The third-order valence-electron chi connectivity index (χ3n) is 0.521. The molecule has 1 aromatic rings. The summed E-state index contributed by atoms with van der Waals surface area (Å²) in [5.74, 6) is 0.208. The Bertz CT molecular complexity index is 159. The molecule has 6 nitrogen and oxygen atoms in total. The van der Waals surface area contributed by atoms with Crippen molar-refractivity contribution in [3.63, 3.8) is 0 Å². The maximum absolute atomic E-state index is 9.40. The van der Waals surface area contributed by atoms with Gasteiger partial charge in [0, 0.05) is 0 Å². The number of nitrogens with one attached hydrogen (secondary N) is 1. The second-order valence-corrected chi connectivity index (χ2v) is 0.996. The van der Waals surface area contributed by atoms with Crippen LogP contribution in [0, 0.1) is 4.91 Å². The minimum Gasteiger partial charge on any atom is -0.242 e. The van der Waals surface area contributed by atoms with Crippen molar-refractivity contribution in [1.82, 2.24) is 10.3 Å². The van der Waals surface area contributed by atoms with Gasteiger partial charge in [0.2, 0.25) is 5.82 Å². The lowest BCUT2D eigenvalue weighted by Crippen LogP contribution is -1.82. The molecule has 0 aliphatic heterocycles. The lowest BCUT2D eigenvalue weighted by Gasteiger charge is -1.77. The third kappa shape index (κ3) is 0.780. The summed E-state index contributed by atoms with van der Waals surface area (Å²) < 4.78 is 4.11. The maximum Gasteiger partial charge on any atom is 0.213 e. The molecule has 6 heteroatoms. The van der Waals surface area contributed by atoms with Gasteiger partial charge in [0.1, 0.15) is 6.20 Å². The van der Waals surface area contributed by atoms with E-state index in [0.29, 0.717) is 0 Å². The molecule has 42 valence electrons. The largest absolute Gasteiger partial charge is 0.242 e. The minimum atomic E-state index is 0.208. The summed E-state index contributed by atoms with van der Waals surface area (Å²) in [6.07, 6.45) is 1.24. The van der Waals surface area contributed by atoms with E-state index in [9.17, 15) is 4.91 Å². The summed E-state index contributed by atoms with van der Waals surface area (Å²) in [7, 11) is 0. The van der Waals surface area contributed by atoms with Gasteiger partial charge in [-0.3, -0.25) is 0 Å². The van der Waals surface area contributed by atoms with Crippen molar-refractivity contribution in [1.29, 1.82) is 0 Å². The van der Waals surface area contributed by atoms with E-state index >= 15 is 0 Å². The van der Waals surface area contributed by atoms with Crippen molar-refractivity contribution in [3.8, 4) is 0 Å². The third-order valence-corrected chi connectivity index (χ3v) is 0.521. The van der Waals surface area contributed by atoms with Gasteiger partial charge < -0.3 is 0 Å². The molecule has 0 amide bonds. The van der Waals surface area contributed by atoms with E-state index in [4.69, 9.17) is 0 Å². The second kappa shape index (κ2) is 2.01. The quantitative estimate of drug-likeness (QED) is 0.437. The van der Waals surface area contributed by atoms with Crippen LogP contribution in [0.25, 0.3) is 0 Å². The Morgan fingerprint density at radius 2 is 2.75 bits per heavy atom. The summed E-state index contributed by atoms with van der Waals surface area (Å²) >= 11 is 0. The molecule has 1 heterocycles. The van der Waals surface area contributed by atoms with Crippen LogP contribution in [0.3, 0.4) is 0 Å².